The molecule has 2 rings (SSSR count). The zero-order chi connectivity index (χ0) is 20.9. The molecule has 8 heteroatoms. The molecule has 0 radical (unpaired) electrons. The Bertz CT molecular complexity index is 930. The molecule has 2 aromatic carbocycles. The summed E-state index contributed by atoms with van der Waals surface area (Å²) in [6, 6.07) is 10.9. The smallest absolute Gasteiger partial charge is 0.248 e. The normalized spacial score (nSPS) is 12.3. The third-order valence-corrected chi connectivity index (χ3v) is 5.76. The second kappa shape index (κ2) is 9.30. The van der Waals surface area contributed by atoms with E-state index < -0.39 is 22.0 Å². The summed E-state index contributed by atoms with van der Waals surface area (Å²) in [4.78, 5) is 12.9. The summed E-state index contributed by atoms with van der Waals surface area (Å²) >= 11 is 6.17. The molecule has 0 heterocycles. The molecule has 28 heavy (non-hydrogen) atoms. The number of ether oxygens (including phenoxy) is 1. The fourth-order valence-electron chi connectivity index (χ4n) is 2.81. The lowest BCUT2D eigenvalue weighted by atomic mass is 10.1. The zero-order valence-electron chi connectivity index (χ0n) is 16.4. The number of nitrogens with zero attached hydrogens (tertiary/aromatic N) is 1. The van der Waals surface area contributed by atoms with E-state index in [4.69, 9.17) is 16.3 Å². The fourth-order valence-corrected chi connectivity index (χ4v) is 4.18. The molecule has 0 spiro atoms. The Balaban J connectivity index is 2.32. The lowest BCUT2D eigenvalue weighted by molar-refractivity contribution is -0.117. The van der Waals surface area contributed by atoms with Crippen molar-refractivity contribution < 1.29 is 17.9 Å². The number of carbonyl (C=O) groups excluding carboxylic acids is 1. The molecule has 0 saturated carbocycles. The SMILES string of the molecule is CCOc1ccc(NC(=O)[C@H](CC)N(c2ccc(C)c(Cl)c2)S(C)(=O)=O)cc1. The molecule has 0 bridgehead atoms. The van der Waals surface area contributed by atoms with Crippen LogP contribution in [0.1, 0.15) is 25.8 Å². The van der Waals surface area contributed by atoms with Gasteiger partial charge < -0.3 is 10.1 Å². The van der Waals surface area contributed by atoms with E-state index in [2.05, 4.69) is 5.32 Å². The Morgan fingerprint density at radius 3 is 2.32 bits per heavy atom. The molecular weight excluding hydrogens is 400 g/mol. The van der Waals surface area contributed by atoms with Gasteiger partial charge in [0.05, 0.1) is 18.6 Å². The number of carbonyl (C=O) groups is 1. The van der Waals surface area contributed by atoms with Crippen LogP contribution in [0.25, 0.3) is 0 Å². The first-order chi connectivity index (χ1) is 13.2. The highest BCUT2D eigenvalue weighted by Crippen LogP contribution is 2.28. The quantitative estimate of drug-likeness (QED) is 0.688. The van der Waals surface area contributed by atoms with Crippen molar-refractivity contribution in [3.05, 3.63) is 53.1 Å². The molecule has 6 nitrogen and oxygen atoms in total. The molecule has 0 unspecified atom stereocenters. The Hall–Kier alpha value is -2.25. The molecule has 0 aliphatic rings. The molecule has 1 amide bonds. The highest BCUT2D eigenvalue weighted by atomic mass is 35.5. The van der Waals surface area contributed by atoms with Crippen LogP contribution in [0.3, 0.4) is 0 Å². The van der Waals surface area contributed by atoms with Crippen molar-refractivity contribution in [2.24, 2.45) is 0 Å². The fraction of sp³-hybridized carbons (Fsp3) is 0.350. The number of rotatable bonds is 8. The average molecular weight is 425 g/mol. The maximum Gasteiger partial charge on any atom is 0.248 e. The summed E-state index contributed by atoms with van der Waals surface area (Å²) in [6.45, 7) is 6.02. The predicted octanol–water partition coefficient (Wildman–Crippen LogP) is 4.23. The molecule has 2 aromatic rings. The summed E-state index contributed by atoms with van der Waals surface area (Å²) in [5.41, 5.74) is 1.74. The van der Waals surface area contributed by atoms with E-state index in [1.165, 1.54) is 0 Å². The van der Waals surface area contributed by atoms with Gasteiger partial charge in [0.1, 0.15) is 11.8 Å². The molecular formula is C20H25ClN2O4S. The lowest BCUT2D eigenvalue weighted by Crippen LogP contribution is -2.47. The van der Waals surface area contributed by atoms with Gasteiger partial charge in [-0.15, -0.1) is 0 Å². The summed E-state index contributed by atoms with van der Waals surface area (Å²) in [6.07, 6.45) is 1.37. The van der Waals surface area contributed by atoms with Gasteiger partial charge in [-0.25, -0.2) is 8.42 Å². The maximum atomic E-state index is 12.9. The van der Waals surface area contributed by atoms with Gasteiger partial charge in [0.2, 0.25) is 15.9 Å². The Labute approximate surface area is 171 Å². The van der Waals surface area contributed by atoms with Crippen molar-refractivity contribution in [1.82, 2.24) is 0 Å². The minimum atomic E-state index is -3.72. The van der Waals surface area contributed by atoms with Crippen LogP contribution in [0.15, 0.2) is 42.5 Å². The molecule has 1 atom stereocenters. The Morgan fingerprint density at radius 2 is 1.82 bits per heavy atom. The van der Waals surface area contributed by atoms with Gasteiger partial charge in [0.15, 0.2) is 0 Å². The van der Waals surface area contributed by atoms with Crippen LogP contribution in [-0.2, 0) is 14.8 Å². The number of sulfonamides is 1. The number of aryl methyl sites for hydroxylation is 1. The number of hydrogen-bond donors (Lipinski definition) is 1. The monoisotopic (exact) mass is 424 g/mol. The van der Waals surface area contributed by atoms with Crippen molar-refractivity contribution in [1.29, 1.82) is 0 Å². The highest BCUT2D eigenvalue weighted by Gasteiger charge is 2.31. The van der Waals surface area contributed by atoms with Gasteiger partial charge in [-0.3, -0.25) is 9.10 Å². The van der Waals surface area contributed by atoms with Crippen LogP contribution < -0.4 is 14.4 Å². The van der Waals surface area contributed by atoms with E-state index in [-0.39, 0.29) is 0 Å². The maximum absolute atomic E-state index is 12.9. The van der Waals surface area contributed by atoms with Crippen LogP contribution in [0, 0.1) is 6.92 Å². The highest BCUT2D eigenvalue weighted by molar-refractivity contribution is 7.92. The summed E-state index contributed by atoms with van der Waals surface area (Å²) in [5.74, 6) is 0.272. The Kier molecular flexibility index (Phi) is 7.32. The van der Waals surface area contributed by atoms with E-state index in [0.29, 0.717) is 35.2 Å². The number of amides is 1. The van der Waals surface area contributed by atoms with Gasteiger partial charge in [0, 0.05) is 10.7 Å². The molecule has 0 saturated heterocycles. The van der Waals surface area contributed by atoms with E-state index in [0.717, 1.165) is 16.1 Å². The summed E-state index contributed by atoms with van der Waals surface area (Å²) < 4.78 is 31.5. The number of halogens is 1. The zero-order valence-corrected chi connectivity index (χ0v) is 18.0. The van der Waals surface area contributed by atoms with Crippen LogP contribution in [0.5, 0.6) is 5.75 Å². The predicted molar refractivity (Wildman–Crippen MR) is 114 cm³/mol. The van der Waals surface area contributed by atoms with Crippen LogP contribution in [0.4, 0.5) is 11.4 Å². The van der Waals surface area contributed by atoms with E-state index >= 15 is 0 Å². The molecule has 0 fully saturated rings. The van der Waals surface area contributed by atoms with Gasteiger partial charge in [0.25, 0.3) is 0 Å². The number of anilines is 2. The minimum Gasteiger partial charge on any atom is -0.494 e. The third-order valence-electron chi connectivity index (χ3n) is 4.17. The molecule has 0 aromatic heterocycles. The topological polar surface area (TPSA) is 75.7 Å². The van der Waals surface area contributed by atoms with Crippen molar-refractivity contribution >= 4 is 38.9 Å². The minimum absolute atomic E-state index is 0.293. The van der Waals surface area contributed by atoms with Crippen molar-refractivity contribution in [3.63, 3.8) is 0 Å². The summed E-state index contributed by atoms with van der Waals surface area (Å²) in [7, 11) is -3.72. The van der Waals surface area contributed by atoms with E-state index in [1.807, 2.05) is 13.8 Å². The average Bonchev–Trinajstić information content (AvgIpc) is 2.63. The molecule has 152 valence electrons. The lowest BCUT2D eigenvalue weighted by Gasteiger charge is -2.30. The number of benzene rings is 2. The van der Waals surface area contributed by atoms with Gasteiger partial charge >= 0.3 is 0 Å². The first-order valence-corrected chi connectivity index (χ1v) is 11.2. The first kappa shape index (κ1) is 22.0. The van der Waals surface area contributed by atoms with Gasteiger partial charge in [-0.05, 0) is 62.2 Å². The van der Waals surface area contributed by atoms with Crippen molar-refractivity contribution in [2.45, 2.75) is 33.2 Å². The van der Waals surface area contributed by atoms with E-state index in [9.17, 15) is 13.2 Å². The van der Waals surface area contributed by atoms with Gasteiger partial charge in [-0.2, -0.15) is 0 Å². The van der Waals surface area contributed by atoms with Crippen molar-refractivity contribution in [2.75, 3.05) is 22.5 Å². The Morgan fingerprint density at radius 1 is 1.18 bits per heavy atom. The second-order valence-corrected chi connectivity index (χ2v) is 8.63. The van der Waals surface area contributed by atoms with Crippen molar-refractivity contribution in [3.8, 4) is 5.75 Å². The molecule has 0 aliphatic carbocycles. The van der Waals surface area contributed by atoms with E-state index in [1.54, 1.807) is 49.4 Å². The number of hydrogen-bond acceptors (Lipinski definition) is 4. The van der Waals surface area contributed by atoms with Crippen LogP contribution >= 0.6 is 11.6 Å². The van der Waals surface area contributed by atoms with Gasteiger partial charge in [-0.1, -0.05) is 24.6 Å². The third kappa shape index (κ3) is 5.39. The molecule has 0 aliphatic heterocycles. The van der Waals surface area contributed by atoms with Crippen LogP contribution in [-0.4, -0.2) is 33.2 Å². The van der Waals surface area contributed by atoms with Crippen LogP contribution in [0.2, 0.25) is 5.02 Å². The largest absolute Gasteiger partial charge is 0.494 e. The second-order valence-electron chi connectivity index (χ2n) is 6.36. The molecule has 1 N–H and O–H groups in total. The first-order valence-electron chi connectivity index (χ1n) is 8.96. The standard InChI is InChI=1S/C20H25ClN2O4S/c1-5-19(20(24)22-15-8-11-17(12-9-15)27-6-2)23(28(4,25)26)16-10-7-14(3)18(21)13-16/h7-13,19H,5-6H2,1-4H3,(H,22,24)/t19-/m0/s1. The summed E-state index contributed by atoms with van der Waals surface area (Å²) in [5, 5.41) is 3.21. The number of nitrogens with one attached hydrogen (secondary N) is 1.